The van der Waals surface area contributed by atoms with Crippen molar-refractivity contribution in [1.82, 2.24) is 9.78 Å². The molecular formula is C16H21N3O3S. The van der Waals surface area contributed by atoms with Crippen molar-refractivity contribution in [1.29, 1.82) is 0 Å². The van der Waals surface area contributed by atoms with Crippen molar-refractivity contribution in [2.24, 2.45) is 0 Å². The van der Waals surface area contributed by atoms with Gasteiger partial charge in [0.1, 0.15) is 0 Å². The average Bonchev–Trinajstić information content (AvgIpc) is 2.98. The minimum atomic E-state index is -3.45. The summed E-state index contributed by atoms with van der Waals surface area (Å²) >= 11 is 0. The summed E-state index contributed by atoms with van der Waals surface area (Å²) in [6, 6.07) is 7.77. The van der Waals surface area contributed by atoms with E-state index in [0.29, 0.717) is 5.69 Å². The summed E-state index contributed by atoms with van der Waals surface area (Å²) in [6.07, 6.45) is 5.11. The number of hydrogen-bond acceptors (Lipinski definition) is 4. The monoisotopic (exact) mass is 335 g/mol. The molecule has 7 heteroatoms. The predicted molar refractivity (Wildman–Crippen MR) is 88.7 cm³/mol. The summed E-state index contributed by atoms with van der Waals surface area (Å²) in [7, 11) is -3.45. The SMILES string of the molecule is Cc1ccc(CS(=O)(=O)Nc2cnn(C3CCOCC3)c2)cc1. The van der Waals surface area contributed by atoms with E-state index in [1.807, 2.05) is 35.9 Å². The second kappa shape index (κ2) is 6.72. The molecule has 1 N–H and O–H groups in total. The molecule has 124 valence electrons. The fraction of sp³-hybridized carbons (Fsp3) is 0.438. The minimum absolute atomic E-state index is 0.0459. The van der Waals surface area contributed by atoms with E-state index in [1.54, 1.807) is 12.4 Å². The van der Waals surface area contributed by atoms with Crippen LogP contribution in [-0.4, -0.2) is 31.4 Å². The highest BCUT2D eigenvalue weighted by Crippen LogP contribution is 2.22. The highest BCUT2D eigenvalue weighted by molar-refractivity contribution is 7.91. The number of rotatable bonds is 5. The van der Waals surface area contributed by atoms with Crippen LogP contribution >= 0.6 is 0 Å². The molecule has 0 saturated carbocycles. The highest BCUT2D eigenvalue weighted by Gasteiger charge is 2.18. The van der Waals surface area contributed by atoms with Crippen molar-refractivity contribution in [3.05, 3.63) is 47.8 Å². The summed E-state index contributed by atoms with van der Waals surface area (Å²) in [5, 5.41) is 4.28. The normalized spacial score (nSPS) is 16.4. The van der Waals surface area contributed by atoms with E-state index in [1.165, 1.54) is 0 Å². The molecule has 3 rings (SSSR count). The number of aryl methyl sites for hydroxylation is 1. The van der Waals surface area contributed by atoms with Gasteiger partial charge in [0.15, 0.2) is 0 Å². The fourth-order valence-corrected chi connectivity index (χ4v) is 3.83. The van der Waals surface area contributed by atoms with E-state index in [0.717, 1.165) is 37.2 Å². The molecule has 1 aromatic heterocycles. The summed E-state index contributed by atoms with van der Waals surface area (Å²) in [6.45, 7) is 3.42. The molecule has 1 saturated heterocycles. The van der Waals surface area contributed by atoms with Gasteiger partial charge in [0.2, 0.25) is 10.0 Å². The van der Waals surface area contributed by atoms with E-state index in [2.05, 4.69) is 9.82 Å². The van der Waals surface area contributed by atoms with Crippen LogP contribution in [0, 0.1) is 6.92 Å². The van der Waals surface area contributed by atoms with Gasteiger partial charge in [-0.1, -0.05) is 29.8 Å². The van der Waals surface area contributed by atoms with Gasteiger partial charge in [0.25, 0.3) is 0 Å². The molecule has 1 aromatic carbocycles. The summed E-state index contributed by atoms with van der Waals surface area (Å²) < 4.78 is 34.3. The first-order valence-corrected chi connectivity index (χ1v) is 9.35. The third-order valence-corrected chi connectivity index (χ3v) is 5.18. The Labute approximate surface area is 136 Å². The van der Waals surface area contributed by atoms with Crippen LogP contribution in [0.3, 0.4) is 0 Å². The van der Waals surface area contributed by atoms with Crippen LogP contribution in [0.1, 0.15) is 30.0 Å². The van der Waals surface area contributed by atoms with E-state index in [9.17, 15) is 8.42 Å². The Morgan fingerprint density at radius 2 is 1.96 bits per heavy atom. The van der Waals surface area contributed by atoms with Gasteiger partial charge in [-0.25, -0.2) is 8.42 Å². The lowest BCUT2D eigenvalue weighted by atomic mass is 10.1. The molecule has 23 heavy (non-hydrogen) atoms. The van der Waals surface area contributed by atoms with Crippen LogP contribution in [0.4, 0.5) is 5.69 Å². The van der Waals surface area contributed by atoms with Gasteiger partial charge in [0.05, 0.1) is 23.7 Å². The molecule has 0 radical (unpaired) electrons. The maximum atomic E-state index is 12.3. The second-order valence-electron chi connectivity index (χ2n) is 5.90. The van der Waals surface area contributed by atoms with Gasteiger partial charge in [-0.3, -0.25) is 9.40 Å². The first-order chi connectivity index (χ1) is 11.0. The molecule has 1 fully saturated rings. The van der Waals surface area contributed by atoms with Crippen molar-refractivity contribution < 1.29 is 13.2 Å². The zero-order valence-corrected chi connectivity index (χ0v) is 13.9. The lowest BCUT2D eigenvalue weighted by Gasteiger charge is -2.22. The number of nitrogens with one attached hydrogen (secondary N) is 1. The van der Waals surface area contributed by atoms with Crippen molar-refractivity contribution in [3.63, 3.8) is 0 Å². The number of aromatic nitrogens is 2. The van der Waals surface area contributed by atoms with E-state index < -0.39 is 10.0 Å². The van der Waals surface area contributed by atoms with Crippen molar-refractivity contribution in [2.45, 2.75) is 31.6 Å². The Kier molecular flexibility index (Phi) is 4.68. The Bertz CT molecular complexity index is 747. The number of hydrogen-bond donors (Lipinski definition) is 1. The molecule has 2 aromatic rings. The Hall–Kier alpha value is -1.86. The number of anilines is 1. The number of sulfonamides is 1. The number of nitrogens with zero attached hydrogens (tertiary/aromatic N) is 2. The fourth-order valence-electron chi connectivity index (χ4n) is 2.66. The Balaban J connectivity index is 1.65. The largest absolute Gasteiger partial charge is 0.381 e. The first kappa shape index (κ1) is 16.0. The molecule has 0 spiro atoms. The quantitative estimate of drug-likeness (QED) is 0.911. The Morgan fingerprint density at radius 3 is 2.65 bits per heavy atom. The summed E-state index contributed by atoms with van der Waals surface area (Å²) in [4.78, 5) is 0. The predicted octanol–water partition coefficient (Wildman–Crippen LogP) is 2.48. The minimum Gasteiger partial charge on any atom is -0.381 e. The third-order valence-electron chi connectivity index (χ3n) is 3.92. The molecule has 0 atom stereocenters. The number of ether oxygens (including phenoxy) is 1. The van der Waals surface area contributed by atoms with E-state index >= 15 is 0 Å². The molecule has 1 aliphatic heterocycles. The molecule has 0 unspecified atom stereocenters. The molecular weight excluding hydrogens is 314 g/mol. The zero-order valence-electron chi connectivity index (χ0n) is 13.1. The van der Waals surface area contributed by atoms with Crippen LogP contribution in [0.25, 0.3) is 0 Å². The van der Waals surface area contributed by atoms with Crippen LogP contribution in [0.15, 0.2) is 36.7 Å². The topological polar surface area (TPSA) is 73.2 Å². The lowest BCUT2D eigenvalue weighted by Crippen LogP contribution is -2.20. The van der Waals surface area contributed by atoms with Crippen molar-refractivity contribution >= 4 is 15.7 Å². The van der Waals surface area contributed by atoms with Crippen LogP contribution in [0.2, 0.25) is 0 Å². The van der Waals surface area contributed by atoms with Gasteiger partial charge in [-0.15, -0.1) is 0 Å². The third kappa shape index (κ3) is 4.33. The number of benzene rings is 1. The first-order valence-electron chi connectivity index (χ1n) is 7.70. The van der Waals surface area contributed by atoms with Gasteiger partial charge in [-0.05, 0) is 25.3 Å². The van der Waals surface area contributed by atoms with Gasteiger partial charge >= 0.3 is 0 Å². The van der Waals surface area contributed by atoms with Crippen molar-refractivity contribution in [2.75, 3.05) is 17.9 Å². The molecule has 0 bridgehead atoms. The van der Waals surface area contributed by atoms with Gasteiger partial charge < -0.3 is 4.74 Å². The van der Waals surface area contributed by atoms with E-state index in [-0.39, 0.29) is 11.8 Å². The molecule has 2 heterocycles. The van der Waals surface area contributed by atoms with Crippen molar-refractivity contribution in [3.8, 4) is 0 Å². The Morgan fingerprint density at radius 1 is 1.26 bits per heavy atom. The molecule has 1 aliphatic rings. The van der Waals surface area contributed by atoms with Gasteiger partial charge in [-0.2, -0.15) is 5.10 Å². The second-order valence-corrected chi connectivity index (χ2v) is 7.62. The van der Waals surface area contributed by atoms with Crippen LogP contribution in [-0.2, 0) is 20.5 Å². The highest BCUT2D eigenvalue weighted by atomic mass is 32.2. The lowest BCUT2D eigenvalue weighted by molar-refractivity contribution is 0.0662. The van der Waals surface area contributed by atoms with E-state index in [4.69, 9.17) is 4.74 Å². The maximum absolute atomic E-state index is 12.3. The molecule has 6 nitrogen and oxygen atoms in total. The average molecular weight is 335 g/mol. The zero-order chi connectivity index (χ0) is 16.3. The summed E-state index contributed by atoms with van der Waals surface area (Å²) in [5.74, 6) is -0.0459. The standard InChI is InChI=1S/C16H21N3O3S/c1-13-2-4-14(5-3-13)12-23(20,21)18-15-10-17-19(11-15)16-6-8-22-9-7-16/h2-5,10-11,16,18H,6-9,12H2,1H3. The van der Waals surface area contributed by atoms with Crippen LogP contribution in [0.5, 0.6) is 0 Å². The van der Waals surface area contributed by atoms with Gasteiger partial charge in [0, 0.05) is 19.4 Å². The van der Waals surface area contributed by atoms with Crippen LogP contribution < -0.4 is 4.72 Å². The molecule has 0 aliphatic carbocycles. The summed E-state index contributed by atoms with van der Waals surface area (Å²) in [5.41, 5.74) is 2.38. The smallest absolute Gasteiger partial charge is 0.237 e. The molecule has 0 amide bonds. The maximum Gasteiger partial charge on any atom is 0.237 e.